The highest BCUT2D eigenvalue weighted by Gasteiger charge is 2.56. The van der Waals surface area contributed by atoms with Crippen LogP contribution in [0.5, 0.6) is 5.75 Å². The Hall–Kier alpha value is -3.89. The Morgan fingerprint density at radius 3 is 2.49 bits per heavy atom. The van der Waals surface area contributed by atoms with E-state index in [1.165, 1.54) is 13.1 Å². The van der Waals surface area contributed by atoms with Crippen LogP contribution in [0.3, 0.4) is 0 Å². The summed E-state index contributed by atoms with van der Waals surface area (Å²) < 4.78 is 58.6. The highest BCUT2D eigenvalue weighted by molar-refractivity contribution is 6.02. The highest BCUT2D eigenvalue weighted by atomic mass is 19.4. The van der Waals surface area contributed by atoms with Crippen molar-refractivity contribution in [2.24, 2.45) is 11.8 Å². The summed E-state index contributed by atoms with van der Waals surface area (Å²) in [5.74, 6) is -4.72. The Morgan fingerprint density at radius 2 is 1.88 bits per heavy atom. The number of nitriles is 1. The van der Waals surface area contributed by atoms with Crippen LogP contribution in [0.25, 0.3) is 0 Å². The Bertz CT molecular complexity index is 1310. The smallest absolute Gasteiger partial charge is 0.471 e. The maximum Gasteiger partial charge on any atom is 0.471 e. The van der Waals surface area contributed by atoms with Crippen molar-refractivity contribution in [2.75, 3.05) is 18.9 Å². The van der Waals surface area contributed by atoms with Crippen molar-refractivity contribution in [3.05, 3.63) is 24.0 Å². The third-order valence-electron chi connectivity index (χ3n) is 8.15. The standard InChI is InChI=1S/C27H29F4N5O5/c1-35(22(37)19(8-14-2-3-14)34-25(40)27(29,30)31)20(9-15-4-5-15)23(38)36-13-26(11-17(36)12-32)24(39)33-18-10-16(28)6-7-21(18)41-26/h6-7,10,14-15,17,19-20H,2-5,8-9,11,13H2,1H3,(H,33,39)(H,34,40)/t17-,19?,20?,26+/m0/s1. The van der Waals surface area contributed by atoms with Crippen molar-refractivity contribution in [1.82, 2.24) is 15.1 Å². The van der Waals surface area contributed by atoms with Crippen LogP contribution in [0.2, 0.25) is 0 Å². The number of hydrogen-bond donors (Lipinski definition) is 2. The van der Waals surface area contributed by atoms with Crippen molar-refractivity contribution in [2.45, 2.75) is 74.8 Å². The van der Waals surface area contributed by atoms with Crippen LogP contribution in [0.1, 0.15) is 44.9 Å². The first-order valence-corrected chi connectivity index (χ1v) is 13.5. The van der Waals surface area contributed by atoms with Gasteiger partial charge in [0.05, 0.1) is 18.3 Å². The molecule has 2 unspecified atom stereocenters. The van der Waals surface area contributed by atoms with Crippen LogP contribution in [0.4, 0.5) is 23.2 Å². The van der Waals surface area contributed by atoms with Gasteiger partial charge in [-0.1, -0.05) is 25.7 Å². The van der Waals surface area contributed by atoms with E-state index in [4.69, 9.17) is 4.74 Å². The average Bonchev–Trinajstić information content (AvgIpc) is 3.85. The van der Waals surface area contributed by atoms with Gasteiger partial charge in [-0.05, 0) is 36.8 Å². The van der Waals surface area contributed by atoms with Gasteiger partial charge in [0.25, 0.3) is 5.91 Å². The zero-order valence-corrected chi connectivity index (χ0v) is 22.2. The number of carbonyl (C=O) groups is 4. The molecule has 0 radical (unpaired) electrons. The monoisotopic (exact) mass is 579 g/mol. The minimum atomic E-state index is -5.18. The number of nitrogens with one attached hydrogen (secondary N) is 2. The summed E-state index contributed by atoms with van der Waals surface area (Å²) in [7, 11) is 1.30. The summed E-state index contributed by atoms with van der Waals surface area (Å²) in [6.07, 6.45) is -2.11. The molecule has 2 saturated carbocycles. The molecule has 41 heavy (non-hydrogen) atoms. The minimum absolute atomic E-state index is 0.0109. The van der Waals surface area contributed by atoms with Gasteiger partial charge in [0.2, 0.25) is 17.4 Å². The molecule has 220 valence electrons. The van der Waals surface area contributed by atoms with E-state index in [9.17, 15) is 42.0 Å². The number of carbonyl (C=O) groups excluding carboxylic acids is 4. The Labute approximate surface area is 233 Å². The lowest BCUT2D eigenvalue weighted by molar-refractivity contribution is -0.175. The predicted molar refractivity (Wildman–Crippen MR) is 133 cm³/mol. The first-order chi connectivity index (χ1) is 19.3. The van der Waals surface area contributed by atoms with Crippen LogP contribution in [0.15, 0.2) is 18.2 Å². The van der Waals surface area contributed by atoms with Crippen molar-refractivity contribution in [1.29, 1.82) is 5.26 Å². The fourth-order valence-corrected chi connectivity index (χ4v) is 5.47. The van der Waals surface area contributed by atoms with E-state index in [0.717, 1.165) is 47.6 Å². The number of likely N-dealkylation sites (N-methyl/N-ethyl adjacent to an activating group) is 1. The lowest BCUT2D eigenvalue weighted by atomic mass is 9.97. The van der Waals surface area contributed by atoms with Crippen molar-refractivity contribution >= 4 is 29.3 Å². The number of benzene rings is 1. The van der Waals surface area contributed by atoms with Gasteiger partial charge in [-0.3, -0.25) is 19.2 Å². The molecule has 1 saturated heterocycles. The fraction of sp³-hybridized carbons (Fsp3) is 0.593. The van der Waals surface area contributed by atoms with Gasteiger partial charge >= 0.3 is 12.1 Å². The predicted octanol–water partition coefficient (Wildman–Crippen LogP) is 2.49. The number of fused-ring (bicyclic) bond motifs is 1. The number of rotatable bonds is 8. The molecule has 5 rings (SSSR count). The second-order valence-corrected chi connectivity index (χ2v) is 11.4. The molecule has 1 aromatic carbocycles. The van der Waals surface area contributed by atoms with Gasteiger partial charge in [0.1, 0.15) is 29.7 Å². The molecule has 1 aromatic rings. The van der Waals surface area contributed by atoms with Crippen molar-refractivity contribution in [3.8, 4) is 11.8 Å². The highest BCUT2D eigenvalue weighted by Crippen LogP contribution is 2.42. The Morgan fingerprint density at radius 1 is 1.22 bits per heavy atom. The third kappa shape index (κ3) is 5.94. The first kappa shape index (κ1) is 28.6. The first-order valence-electron chi connectivity index (χ1n) is 13.5. The Kier molecular flexibility index (Phi) is 7.33. The van der Waals surface area contributed by atoms with Gasteiger partial charge in [-0.25, -0.2) is 4.39 Å². The second kappa shape index (κ2) is 10.5. The molecular weight excluding hydrogens is 550 g/mol. The Balaban J connectivity index is 1.38. The normalized spacial score (nSPS) is 24.9. The summed E-state index contributed by atoms with van der Waals surface area (Å²) in [5, 5.41) is 14.3. The lowest BCUT2D eigenvalue weighted by Crippen LogP contribution is -2.58. The van der Waals surface area contributed by atoms with E-state index in [2.05, 4.69) is 5.32 Å². The molecule has 0 aromatic heterocycles. The van der Waals surface area contributed by atoms with E-state index < -0.39 is 59.3 Å². The molecule has 2 aliphatic heterocycles. The second-order valence-electron chi connectivity index (χ2n) is 11.4. The van der Waals surface area contributed by atoms with Crippen LogP contribution in [0, 0.1) is 29.0 Å². The van der Waals surface area contributed by atoms with Crippen LogP contribution in [-0.2, 0) is 19.2 Å². The fourth-order valence-electron chi connectivity index (χ4n) is 5.47. The molecule has 3 fully saturated rings. The van der Waals surface area contributed by atoms with Crippen LogP contribution in [-0.4, -0.2) is 76.9 Å². The summed E-state index contributed by atoms with van der Waals surface area (Å²) in [4.78, 5) is 54.5. The van der Waals surface area contributed by atoms with Crippen LogP contribution >= 0.6 is 0 Å². The van der Waals surface area contributed by atoms with Crippen LogP contribution < -0.4 is 15.4 Å². The molecule has 2 heterocycles. The number of alkyl halides is 3. The number of halogens is 4. The van der Waals surface area contributed by atoms with E-state index in [1.54, 1.807) is 5.32 Å². The number of hydrogen-bond acceptors (Lipinski definition) is 6. The van der Waals surface area contributed by atoms with E-state index >= 15 is 0 Å². The lowest BCUT2D eigenvalue weighted by Gasteiger charge is -2.36. The van der Waals surface area contributed by atoms with Gasteiger partial charge in [-0.15, -0.1) is 0 Å². The molecule has 4 aliphatic rings. The number of ether oxygens (including phenoxy) is 1. The largest absolute Gasteiger partial charge is 0.473 e. The molecular formula is C27H29F4N5O5. The minimum Gasteiger partial charge on any atom is -0.473 e. The van der Waals surface area contributed by atoms with Gasteiger partial charge < -0.3 is 25.2 Å². The maximum atomic E-state index is 14.0. The SMILES string of the molecule is CN(C(=O)C(CC1CC1)NC(=O)C(F)(F)F)C(CC1CC1)C(=O)N1C[C@@]2(C[C@H]1C#N)Oc1ccc(F)cc1NC2=O. The molecule has 14 heteroatoms. The number of amides is 4. The summed E-state index contributed by atoms with van der Waals surface area (Å²) in [6, 6.07) is 1.85. The van der Waals surface area contributed by atoms with Gasteiger partial charge in [-0.2, -0.15) is 18.4 Å². The van der Waals surface area contributed by atoms with Gasteiger partial charge in [0.15, 0.2) is 0 Å². The molecule has 10 nitrogen and oxygen atoms in total. The maximum absolute atomic E-state index is 14.0. The number of likely N-dealkylation sites (tertiary alicyclic amines) is 1. The zero-order chi connectivity index (χ0) is 29.7. The van der Waals surface area contributed by atoms with Crippen molar-refractivity contribution < 1.29 is 41.5 Å². The molecule has 4 amide bonds. The molecule has 2 aliphatic carbocycles. The molecule has 1 spiro atoms. The van der Waals surface area contributed by atoms with E-state index in [-0.39, 0.29) is 49.1 Å². The van der Waals surface area contributed by atoms with E-state index in [0.29, 0.717) is 0 Å². The molecule has 2 N–H and O–H groups in total. The molecule has 0 bridgehead atoms. The summed E-state index contributed by atoms with van der Waals surface area (Å²) in [5.41, 5.74) is -1.53. The zero-order valence-electron chi connectivity index (χ0n) is 22.2. The number of anilines is 1. The summed E-state index contributed by atoms with van der Waals surface area (Å²) in [6.45, 7) is -0.327. The van der Waals surface area contributed by atoms with E-state index in [1.807, 2.05) is 6.07 Å². The quantitative estimate of drug-likeness (QED) is 0.455. The van der Waals surface area contributed by atoms with Gasteiger partial charge in [0, 0.05) is 19.5 Å². The third-order valence-corrected chi connectivity index (χ3v) is 8.15. The molecule has 4 atom stereocenters. The topological polar surface area (TPSA) is 132 Å². The van der Waals surface area contributed by atoms with Crippen molar-refractivity contribution in [3.63, 3.8) is 0 Å². The number of nitrogens with zero attached hydrogens (tertiary/aromatic N) is 3. The average molecular weight is 580 g/mol. The summed E-state index contributed by atoms with van der Waals surface area (Å²) >= 11 is 0.